The van der Waals surface area contributed by atoms with E-state index in [2.05, 4.69) is 21.2 Å². The van der Waals surface area contributed by atoms with Gasteiger partial charge in [0.1, 0.15) is 24.6 Å². The van der Waals surface area contributed by atoms with E-state index in [1.165, 1.54) is 65.2 Å². The molecule has 2 aliphatic heterocycles. The molecule has 0 radical (unpaired) electrons. The van der Waals surface area contributed by atoms with Gasteiger partial charge < -0.3 is 19.7 Å². The summed E-state index contributed by atoms with van der Waals surface area (Å²) in [6, 6.07) is 16.9. The lowest BCUT2D eigenvalue weighted by Gasteiger charge is -2.51. The smallest absolute Gasteiger partial charge is 0.333 e. The molecule has 2 aliphatic rings. The first-order valence-electron chi connectivity index (χ1n) is 14.0. The number of non-ortho nitro benzene ring substituents is 2. The van der Waals surface area contributed by atoms with Gasteiger partial charge >= 0.3 is 11.9 Å². The van der Waals surface area contributed by atoms with Crippen molar-refractivity contribution in [2.45, 2.75) is 36.6 Å². The van der Waals surface area contributed by atoms with Crippen LogP contribution in [0.4, 0.5) is 11.4 Å². The number of carbonyl (C=O) groups excluding carboxylic acids is 4. The van der Waals surface area contributed by atoms with Crippen molar-refractivity contribution in [2.24, 2.45) is 0 Å². The quantitative estimate of drug-likeness (QED) is 0.0707. The average Bonchev–Trinajstić information content (AvgIpc) is 3.08. The minimum absolute atomic E-state index is 0.108. The van der Waals surface area contributed by atoms with Gasteiger partial charge in [-0.3, -0.25) is 34.6 Å². The van der Waals surface area contributed by atoms with Crippen LogP contribution in [0.3, 0.4) is 0 Å². The van der Waals surface area contributed by atoms with Gasteiger partial charge in [0.25, 0.3) is 11.4 Å². The van der Waals surface area contributed by atoms with Crippen molar-refractivity contribution in [3.05, 3.63) is 127 Å². The summed E-state index contributed by atoms with van der Waals surface area (Å²) in [5.41, 5.74) is 1.65. The number of esters is 2. The van der Waals surface area contributed by atoms with Crippen molar-refractivity contribution in [3.8, 4) is 0 Å². The summed E-state index contributed by atoms with van der Waals surface area (Å²) in [5, 5.41) is 25.8. The van der Waals surface area contributed by atoms with Crippen molar-refractivity contribution >= 4 is 62.8 Å². The summed E-state index contributed by atoms with van der Waals surface area (Å²) in [6.45, 7) is -0.421. The SMILES string of the molecule is O=C(NC1C(=O)N2C(C(=O)OCc3ccc([N+](=O)[O-])cc3)C(CBr)=CS[C@@H]12)C(C(=O)OCc1ccc([N+](=O)[O-])cc1)c1ccccc1. The van der Waals surface area contributed by atoms with Crippen molar-refractivity contribution in [3.63, 3.8) is 0 Å². The van der Waals surface area contributed by atoms with Crippen molar-refractivity contribution < 1.29 is 38.5 Å². The second kappa shape index (κ2) is 14.6. The van der Waals surface area contributed by atoms with Crippen LogP contribution in [0.1, 0.15) is 22.6 Å². The maximum Gasteiger partial charge on any atom is 0.333 e. The monoisotopic (exact) mass is 724 g/mol. The third kappa shape index (κ3) is 7.33. The van der Waals surface area contributed by atoms with Crippen LogP contribution in [0.2, 0.25) is 0 Å². The molecule has 0 bridgehead atoms. The van der Waals surface area contributed by atoms with E-state index in [1.807, 2.05) is 0 Å². The zero-order valence-corrected chi connectivity index (χ0v) is 26.6. The molecule has 4 atom stereocenters. The Balaban J connectivity index is 1.26. The number of β-lactam (4-membered cyclic amide) rings is 1. The molecule has 16 heteroatoms. The first-order valence-corrected chi connectivity index (χ1v) is 16.0. The Hall–Kier alpha value is -5.09. The number of nitrogens with zero attached hydrogens (tertiary/aromatic N) is 3. The molecule has 2 amide bonds. The van der Waals surface area contributed by atoms with E-state index < -0.39 is 57.0 Å². The first kappa shape index (κ1) is 33.3. The molecule has 1 fully saturated rings. The molecule has 3 aromatic carbocycles. The highest BCUT2D eigenvalue weighted by atomic mass is 79.9. The Morgan fingerprint density at radius 2 is 1.43 bits per heavy atom. The molecule has 1 saturated heterocycles. The van der Waals surface area contributed by atoms with Crippen LogP contribution in [0.15, 0.2) is 89.8 Å². The average molecular weight is 726 g/mol. The Morgan fingerprint density at radius 1 is 0.872 bits per heavy atom. The molecular weight excluding hydrogens is 700 g/mol. The van der Waals surface area contributed by atoms with Crippen LogP contribution in [0, 0.1) is 20.2 Å². The van der Waals surface area contributed by atoms with Crippen molar-refractivity contribution in [1.82, 2.24) is 10.2 Å². The number of benzene rings is 3. The molecular formula is C31H25BrN4O10S. The van der Waals surface area contributed by atoms with Gasteiger partial charge in [-0.2, -0.15) is 0 Å². The highest BCUT2D eigenvalue weighted by Gasteiger charge is 2.56. The number of nitro benzene ring substituents is 2. The van der Waals surface area contributed by atoms with Crippen LogP contribution < -0.4 is 5.32 Å². The fourth-order valence-corrected chi connectivity index (χ4v) is 6.89. The van der Waals surface area contributed by atoms with Gasteiger partial charge in [-0.25, -0.2) is 4.79 Å². The Labute approximate surface area is 279 Å². The standard InChI is InChI=1S/C31H25BrN4O10S/c32-14-21-17-47-29-25(28(38)34(29)26(21)31(40)46-16-19-8-12-23(13-9-19)36(43)44)33-27(37)24(20-4-2-1-3-5-20)30(39)45-15-18-6-10-22(11-7-18)35(41)42/h1-13,17,24-26,29H,14-16H2,(H,33,37)/t24?,25?,26?,29-/m0/s1. The Morgan fingerprint density at radius 3 is 1.96 bits per heavy atom. The fourth-order valence-electron chi connectivity index (χ4n) is 4.98. The van der Waals surface area contributed by atoms with Gasteiger partial charge in [0.05, 0.1) is 9.85 Å². The molecule has 0 aliphatic carbocycles. The molecule has 0 aromatic heterocycles. The highest BCUT2D eigenvalue weighted by molar-refractivity contribution is 9.09. The van der Waals surface area contributed by atoms with Crippen LogP contribution in [0.25, 0.3) is 0 Å². The molecule has 0 spiro atoms. The number of nitrogens with one attached hydrogen (secondary N) is 1. The Kier molecular flexibility index (Phi) is 10.3. The maximum atomic E-state index is 13.6. The lowest BCUT2D eigenvalue weighted by Crippen LogP contribution is -2.74. The van der Waals surface area contributed by atoms with Crippen LogP contribution in [-0.2, 0) is 41.9 Å². The number of nitro groups is 2. The number of halogens is 1. The van der Waals surface area contributed by atoms with E-state index in [9.17, 15) is 39.4 Å². The number of fused-ring (bicyclic) bond motifs is 1. The van der Waals surface area contributed by atoms with Crippen LogP contribution in [-0.4, -0.2) is 61.3 Å². The number of ether oxygens (including phenoxy) is 2. The van der Waals surface area contributed by atoms with E-state index in [-0.39, 0.29) is 29.9 Å². The van der Waals surface area contributed by atoms with Crippen LogP contribution >= 0.6 is 27.7 Å². The number of amides is 2. The molecule has 2 heterocycles. The number of thioether (sulfide) groups is 1. The Bertz CT molecular complexity index is 1740. The minimum Gasteiger partial charge on any atom is -0.460 e. The second-order valence-electron chi connectivity index (χ2n) is 10.4. The lowest BCUT2D eigenvalue weighted by atomic mass is 9.95. The van der Waals surface area contributed by atoms with E-state index >= 15 is 0 Å². The van der Waals surface area contributed by atoms with E-state index in [4.69, 9.17) is 9.47 Å². The maximum absolute atomic E-state index is 13.6. The zero-order valence-electron chi connectivity index (χ0n) is 24.2. The minimum atomic E-state index is -1.43. The zero-order chi connectivity index (χ0) is 33.7. The van der Waals surface area contributed by atoms with Gasteiger partial charge in [-0.15, -0.1) is 11.8 Å². The van der Waals surface area contributed by atoms with Crippen molar-refractivity contribution in [1.29, 1.82) is 0 Å². The lowest BCUT2D eigenvalue weighted by molar-refractivity contribution is -0.385. The van der Waals surface area contributed by atoms with E-state index in [1.54, 1.807) is 35.7 Å². The molecule has 3 aromatic rings. The summed E-state index contributed by atoms with van der Waals surface area (Å²) < 4.78 is 10.9. The second-order valence-corrected chi connectivity index (χ2v) is 11.9. The predicted octanol–water partition coefficient (Wildman–Crippen LogP) is 4.12. The van der Waals surface area contributed by atoms with Gasteiger partial charge in [0.2, 0.25) is 11.8 Å². The topological polar surface area (TPSA) is 188 Å². The molecule has 242 valence electrons. The normalized spacial score (nSPS) is 18.9. The molecule has 3 unspecified atom stereocenters. The molecule has 47 heavy (non-hydrogen) atoms. The third-order valence-electron chi connectivity index (χ3n) is 7.43. The first-order chi connectivity index (χ1) is 22.6. The number of rotatable bonds is 12. The predicted molar refractivity (Wildman–Crippen MR) is 171 cm³/mol. The van der Waals surface area contributed by atoms with Gasteiger partial charge in [0, 0.05) is 29.6 Å². The summed E-state index contributed by atoms with van der Waals surface area (Å²) in [5.74, 6) is -4.36. The molecule has 5 rings (SSSR count). The largest absolute Gasteiger partial charge is 0.460 e. The number of hydrogen-bond donors (Lipinski definition) is 1. The third-order valence-corrected chi connectivity index (χ3v) is 9.30. The van der Waals surface area contributed by atoms with Gasteiger partial charge in [-0.1, -0.05) is 46.3 Å². The van der Waals surface area contributed by atoms with Gasteiger partial charge in [-0.05, 0) is 51.9 Å². The summed E-state index contributed by atoms with van der Waals surface area (Å²) in [6.07, 6.45) is 0. The molecule has 1 N–H and O–H groups in total. The van der Waals surface area contributed by atoms with E-state index in [0.717, 1.165) is 0 Å². The molecule has 0 saturated carbocycles. The summed E-state index contributed by atoms with van der Waals surface area (Å²) in [7, 11) is 0. The summed E-state index contributed by atoms with van der Waals surface area (Å²) in [4.78, 5) is 75.5. The number of alkyl halides is 1. The summed E-state index contributed by atoms with van der Waals surface area (Å²) >= 11 is 4.57. The fraction of sp³-hybridized carbons (Fsp3) is 0.226. The van der Waals surface area contributed by atoms with Crippen LogP contribution in [0.5, 0.6) is 0 Å². The number of hydrogen-bond acceptors (Lipinski definition) is 11. The molecule has 14 nitrogen and oxygen atoms in total. The highest BCUT2D eigenvalue weighted by Crippen LogP contribution is 2.41. The number of carbonyl (C=O) groups is 4. The van der Waals surface area contributed by atoms with Gasteiger partial charge in [0.15, 0.2) is 12.0 Å². The van der Waals surface area contributed by atoms with E-state index in [0.29, 0.717) is 22.3 Å². The van der Waals surface area contributed by atoms with Crippen molar-refractivity contribution in [2.75, 3.05) is 5.33 Å².